The monoisotopic (exact) mass is 468 g/mol. The van der Waals surface area contributed by atoms with Crippen LogP contribution in [0.3, 0.4) is 0 Å². The van der Waals surface area contributed by atoms with Crippen LogP contribution < -0.4 is 15.0 Å². The molecule has 1 aliphatic carbocycles. The Morgan fingerprint density at radius 2 is 1.71 bits per heavy atom. The predicted molar refractivity (Wildman–Crippen MR) is 127 cm³/mol. The molecule has 1 spiro atoms. The van der Waals surface area contributed by atoms with Crippen LogP contribution in [0, 0.1) is 11.6 Å². The lowest BCUT2D eigenvalue weighted by molar-refractivity contribution is 0.184. The van der Waals surface area contributed by atoms with Crippen molar-refractivity contribution in [1.82, 2.24) is 10.2 Å². The van der Waals surface area contributed by atoms with E-state index in [4.69, 9.17) is 9.73 Å². The zero-order chi connectivity index (χ0) is 23.7. The largest absolute Gasteiger partial charge is 0.497 e. The summed E-state index contributed by atoms with van der Waals surface area (Å²) in [5, 5.41) is 2.97. The van der Waals surface area contributed by atoms with E-state index in [1.165, 1.54) is 22.6 Å². The van der Waals surface area contributed by atoms with Gasteiger partial charge in [0.2, 0.25) is 0 Å². The predicted octanol–water partition coefficient (Wildman–Crippen LogP) is 4.88. The number of piperidine rings is 1. The number of hydrogen-bond donors (Lipinski definition) is 1. The van der Waals surface area contributed by atoms with E-state index in [1.807, 2.05) is 12.1 Å². The summed E-state index contributed by atoms with van der Waals surface area (Å²) < 4.78 is 33.4. The molecule has 6 nitrogen and oxygen atoms in total. The highest BCUT2D eigenvalue weighted by atomic mass is 19.1. The Kier molecular flexibility index (Phi) is 6.25. The van der Waals surface area contributed by atoms with Crippen molar-refractivity contribution >= 4 is 17.6 Å². The average Bonchev–Trinajstić information content (AvgIpc) is 3.42. The van der Waals surface area contributed by atoms with Gasteiger partial charge in [0.15, 0.2) is 0 Å². The van der Waals surface area contributed by atoms with E-state index < -0.39 is 17.2 Å². The number of nitrogens with zero attached hydrogens (tertiary/aromatic N) is 3. The molecule has 1 saturated carbocycles. The first-order chi connectivity index (χ1) is 16.5. The zero-order valence-corrected chi connectivity index (χ0v) is 19.4. The van der Waals surface area contributed by atoms with Crippen molar-refractivity contribution in [2.24, 2.45) is 4.99 Å². The second-order valence-corrected chi connectivity index (χ2v) is 9.47. The Morgan fingerprint density at radius 1 is 1.06 bits per heavy atom. The van der Waals surface area contributed by atoms with Gasteiger partial charge in [0.1, 0.15) is 28.8 Å². The maximum absolute atomic E-state index is 14.1. The number of carbonyl (C=O) groups excluding carboxylic acids is 1. The van der Waals surface area contributed by atoms with Gasteiger partial charge in [0.05, 0.1) is 18.8 Å². The molecule has 8 heteroatoms. The van der Waals surface area contributed by atoms with Gasteiger partial charge >= 0.3 is 6.03 Å². The number of rotatable bonds is 5. The molecule has 0 bridgehead atoms. The van der Waals surface area contributed by atoms with Crippen molar-refractivity contribution < 1.29 is 18.3 Å². The zero-order valence-electron chi connectivity index (χ0n) is 19.4. The second kappa shape index (κ2) is 9.33. The number of carbonyl (C=O) groups is 1. The van der Waals surface area contributed by atoms with Gasteiger partial charge < -0.3 is 4.74 Å². The standard InChI is InChI=1S/C26H30F2N4O2/c1-34-23-8-6-18(7-9-23)17-31-12-10-26(11-13-31)24(29-21-4-2-3-5-21)30-25(33)32(26)22-15-19(27)14-20(28)16-22/h6-9,14-16,21H,2-5,10-13,17H2,1H3,(H,29,30,33). The number of amidine groups is 1. The fraction of sp³-hybridized carbons (Fsp3) is 0.462. The lowest BCUT2D eigenvalue weighted by Crippen LogP contribution is -2.57. The van der Waals surface area contributed by atoms with Crippen LogP contribution in [0.15, 0.2) is 47.5 Å². The molecule has 2 amide bonds. The average molecular weight is 469 g/mol. The summed E-state index contributed by atoms with van der Waals surface area (Å²) in [5.41, 5.74) is 0.688. The third-order valence-electron chi connectivity index (χ3n) is 7.29. The fourth-order valence-corrected chi connectivity index (χ4v) is 5.51. The number of aliphatic imine (C=N–C) groups is 1. The van der Waals surface area contributed by atoms with Crippen LogP contribution >= 0.6 is 0 Å². The van der Waals surface area contributed by atoms with Gasteiger partial charge in [-0.1, -0.05) is 25.0 Å². The fourth-order valence-electron chi connectivity index (χ4n) is 5.51. The Morgan fingerprint density at radius 3 is 2.32 bits per heavy atom. The Balaban J connectivity index is 1.42. The van der Waals surface area contributed by atoms with Gasteiger partial charge in [-0.3, -0.25) is 20.1 Å². The number of nitrogens with one attached hydrogen (secondary N) is 1. The van der Waals surface area contributed by atoms with Crippen molar-refractivity contribution in [3.63, 3.8) is 0 Å². The van der Waals surface area contributed by atoms with Crippen molar-refractivity contribution in [3.05, 3.63) is 59.7 Å². The summed E-state index contributed by atoms with van der Waals surface area (Å²) in [6.07, 6.45) is 5.55. The van der Waals surface area contributed by atoms with E-state index in [2.05, 4.69) is 22.3 Å². The van der Waals surface area contributed by atoms with Crippen molar-refractivity contribution in [3.8, 4) is 5.75 Å². The maximum atomic E-state index is 14.1. The minimum Gasteiger partial charge on any atom is -0.497 e. The number of urea groups is 1. The lowest BCUT2D eigenvalue weighted by Gasteiger charge is -2.43. The topological polar surface area (TPSA) is 57.2 Å². The summed E-state index contributed by atoms with van der Waals surface area (Å²) in [6, 6.07) is 11.1. The molecule has 180 valence electrons. The van der Waals surface area contributed by atoms with Crippen LogP contribution in [-0.4, -0.2) is 48.5 Å². The molecule has 3 aliphatic rings. The number of hydrogen-bond acceptors (Lipinski definition) is 4. The maximum Gasteiger partial charge on any atom is 0.328 e. The van der Waals surface area contributed by atoms with Crippen LogP contribution in [0.25, 0.3) is 0 Å². The summed E-state index contributed by atoms with van der Waals surface area (Å²) in [7, 11) is 1.65. The van der Waals surface area contributed by atoms with Crippen molar-refractivity contribution in [2.45, 2.75) is 56.7 Å². The number of ether oxygens (including phenoxy) is 1. The van der Waals surface area contributed by atoms with E-state index in [-0.39, 0.29) is 17.8 Å². The van der Waals surface area contributed by atoms with Gasteiger partial charge in [0.25, 0.3) is 0 Å². The number of likely N-dealkylation sites (tertiary alicyclic amines) is 1. The lowest BCUT2D eigenvalue weighted by atomic mass is 9.84. The van der Waals surface area contributed by atoms with Gasteiger partial charge in [0, 0.05) is 25.7 Å². The first-order valence-corrected chi connectivity index (χ1v) is 12.0. The van der Waals surface area contributed by atoms with Crippen LogP contribution in [0.5, 0.6) is 5.75 Å². The van der Waals surface area contributed by atoms with Crippen LogP contribution in [0.1, 0.15) is 44.1 Å². The third-order valence-corrected chi connectivity index (χ3v) is 7.29. The normalized spacial score (nSPS) is 22.0. The number of benzene rings is 2. The SMILES string of the molecule is COc1ccc(CN2CCC3(CC2)C(=NC2CCCC2)NC(=O)N3c2cc(F)cc(F)c2)cc1. The van der Waals surface area contributed by atoms with Gasteiger partial charge in [-0.2, -0.15) is 0 Å². The first kappa shape index (κ1) is 22.8. The molecule has 34 heavy (non-hydrogen) atoms. The summed E-state index contributed by atoms with van der Waals surface area (Å²) >= 11 is 0. The molecule has 0 atom stereocenters. The molecule has 0 radical (unpaired) electrons. The Hall–Kier alpha value is -3.00. The molecule has 5 rings (SSSR count). The smallest absolute Gasteiger partial charge is 0.328 e. The number of halogens is 2. The summed E-state index contributed by atoms with van der Waals surface area (Å²) in [5.74, 6) is 0.0768. The molecule has 2 aromatic rings. The van der Waals surface area contributed by atoms with Crippen LogP contribution in [0.2, 0.25) is 0 Å². The van der Waals surface area contributed by atoms with E-state index in [0.29, 0.717) is 18.7 Å². The molecule has 1 N–H and O–H groups in total. The van der Waals surface area contributed by atoms with E-state index in [1.54, 1.807) is 7.11 Å². The minimum absolute atomic E-state index is 0.189. The van der Waals surface area contributed by atoms with Gasteiger partial charge in [-0.15, -0.1) is 0 Å². The molecule has 2 aliphatic heterocycles. The molecular formula is C26H30F2N4O2. The highest BCUT2D eigenvalue weighted by Gasteiger charge is 2.53. The number of amides is 2. The molecule has 0 unspecified atom stereocenters. The Labute approximate surface area is 198 Å². The summed E-state index contributed by atoms with van der Waals surface area (Å²) in [6.45, 7) is 2.25. The van der Waals surface area contributed by atoms with E-state index in [0.717, 1.165) is 57.1 Å². The minimum atomic E-state index is -0.726. The molecule has 2 heterocycles. The second-order valence-electron chi connectivity index (χ2n) is 9.47. The third kappa shape index (κ3) is 4.39. The van der Waals surface area contributed by atoms with Gasteiger partial charge in [-0.05, 0) is 55.5 Å². The van der Waals surface area contributed by atoms with Crippen LogP contribution in [0.4, 0.5) is 19.3 Å². The van der Waals surface area contributed by atoms with E-state index >= 15 is 0 Å². The molecular weight excluding hydrogens is 438 g/mol. The van der Waals surface area contributed by atoms with Crippen molar-refractivity contribution in [2.75, 3.05) is 25.1 Å². The van der Waals surface area contributed by atoms with E-state index in [9.17, 15) is 13.6 Å². The highest BCUT2D eigenvalue weighted by Crippen LogP contribution is 2.39. The van der Waals surface area contributed by atoms with Crippen LogP contribution in [-0.2, 0) is 6.54 Å². The summed E-state index contributed by atoms with van der Waals surface area (Å²) in [4.78, 5) is 22.0. The first-order valence-electron chi connectivity index (χ1n) is 12.0. The highest BCUT2D eigenvalue weighted by molar-refractivity contribution is 6.19. The van der Waals surface area contributed by atoms with Gasteiger partial charge in [-0.25, -0.2) is 13.6 Å². The Bertz CT molecular complexity index is 1050. The quantitative estimate of drug-likeness (QED) is 0.681. The molecule has 2 aromatic carbocycles. The molecule has 0 aromatic heterocycles. The molecule has 3 fully saturated rings. The van der Waals surface area contributed by atoms with Crippen molar-refractivity contribution in [1.29, 1.82) is 0 Å². The number of methoxy groups -OCH3 is 1. The number of anilines is 1. The molecule has 2 saturated heterocycles.